The van der Waals surface area contributed by atoms with Crippen molar-refractivity contribution in [1.29, 1.82) is 0 Å². The van der Waals surface area contributed by atoms with Crippen LogP contribution in [-0.4, -0.2) is 37.3 Å². The molecule has 1 unspecified atom stereocenters. The van der Waals surface area contributed by atoms with Crippen molar-refractivity contribution < 1.29 is 9.32 Å². The zero-order valence-corrected chi connectivity index (χ0v) is 16.6. The maximum atomic E-state index is 12.9. The molecule has 4 rings (SSSR count). The number of nitrogens with zero attached hydrogens (tertiary/aromatic N) is 5. The van der Waals surface area contributed by atoms with Crippen LogP contribution in [0.2, 0.25) is 0 Å². The van der Waals surface area contributed by atoms with Gasteiger partial charge < -0.3 is 9.42 Å². The van der Waals surface area contributed by atoms with Crippen molar-refractivity contribution >= 4 is 5.91 Å². The van der Waals surface area contributed by atoms with Gasteiger partial charge in [0.25, 0.3) is 0 Å². The summed E-state index contributed by atoms with van der Waals surface area (Å²) in [5.74, 6) is 1.22. The molecule has 3 heterocycles. The van der Waals surface area contributed by atoms with Crippen LogP contribution in [0.3, 0.4) is 0 Å². The molecule has 3 aromatic rings. The average Bonchev–Trinajstić information content (AvgIpc) is 3.41. The molecular weight excluding hydrogens is 354 g/mol. The van der Waals surface area contributed by atoms with Gasteiger partial charge in [0.15, 0.2) is 0 Å². The Kier molecular flexibility index (Phi) is 4.98. The Hall–Kier alpha value is -2.96. The number of likely N-dealkylation sites (tertiary alicyclic amines) is 1. The van der Waals surface area contributed by atoms with Crippen LogP contribution in [0, 0.1) is 13.8 Å². The van der Waals surface area contributed by atoms with E-state index in [-0.39, 0.29) is 11.9 Å². The number of aryl methyl sites for hydroxylation is 2. The minimum atomic E-state index is -0.131. The molecule has 1 fully saturated rings. The molecule has 7 nitrogen and oxygen atoms in total. The number of rotatable bonds is 5. The van der Waals surface area contributed by atoms with Crippen molar-refractivity contribution in [1.82, 2.24) is 24.8 Å². The summed E-state index contributed by atoms with van der Waals surface area (Å²) in [4.78, 5) is 19.4. The second kappa shape index (κ2) is 7.58. The standard InChI is InChI=1S/C21H25N5O2/c1-14-17(15(2)25(3)23-14)11-12-19(27)26-13-7-10-18(26)21-22-20(24-28-21)16-8-5-4-6-9-16/h4-6,8-9,18H,7,10-13H2,1-3H3. The first-order valence-electron chi connectivity index (χ1n) is 9.72. The topological polar surface area (TPSA) is 77.1 Å². The van der Waals surface area contributed by atoms with Gasteiger partial charge in [-0.3, -0.25) is 9.48 Å². The Morgan fingerprint density at radius 3 is 2.75 bits per heavy atom. The fraction of sp³-hybridized carbons (Fsp3) is 0.429. The maximum Gasteiger partial charge on any atom is 0.249 e. The van der Waals surface area contributed by atoms with E-state index >= 15 is 0 Å². The van der Waals surface area contributed by atoms with Gasteiger partial charge in [-0.15, -0.1) is 0 Å². The fourth-order valence-corrected chi connectivity index (χ4v) is 3.95. The van der Waals surface area contributed by atoms with Crippen LogP contribution in [-0.2, 0) is 18.3 Å². The first kappa shape index (κ1) is 18.4. The highest BCUT2D eigenvalue weighted by Crippen LogP contribution is 2.32. The van der Waals surface area contributed by atoms with Gasteiger partial charge in [-0.25, -0.2) is 0 Å². The molecule has 146 valence electrons. The molecule has 1 aromatic carbocycles. The highest BCUT2D eigenvalue weighted by molar-refractivity contribution is 5.77. The molecule has 1 aliphatic heterocycles. The van der Waals surface area contributed by atoms with Crippen LogP contribution >= 0.6 is 0 Å². The van der Waals surface area contributed by atoms with Gasteiger partial charge >= 0.3 is 0 Å². The number of amides is 1. The lowest BCUT2D eigenvalue weighted by atomic mass is 10.1. The van der Waals surface area contributed by atoms with Crippen LogP contribution in [0.1, 0.15) is 48.1 Å². The van der Waals surface area contributed by atoms with Crippen LogP contribution < -0.4 is 0 Å². The van der Waals surface area contributed by atoms with E-state index in [4.69, 9.17) is 4.52 Å². The van der Waals surface area contributed by atoms with Gasteiger partial charge in [-0.1, -0.05) is 35.5 Å². The summed E-state index contributed by atoms with van der Waals surface area (Å²) in [6.45, 7) is 4.77. The van der Waals surface area contributed by atoms with Crippen molar-refractivity contribution in [2.75, 3.05) is 6.54 Å². The van der Waals surface area contributed by atoms with E-state index in [1.165, 1.54) is 0 Å². The van der Waals surface area contributed by atoms with Crippen molar-refractivity contribution in [3.8, 4) is 11.4 Å². The molecule has 2 aromatic heterocycles. The molecule has 0 spiro atoms. The first-order valence-corrected chi connectivity index (χ1v) is 9.72. The van der Waals surface area contributed by atoms with Gasteiger partial charge in [-0.2, -0.15) is 10.1 Å². The zero-order valence-electron chi connectivity index (χ0n) is 16.6. The Balaban J connectivity index is 1.46. The average molecular weight is 379 g/mol. The summed E-state index contributed by atoms with van der Waals surface area (Å²) < 4.78 is 7.39. The van der Waals surface area contributed by atoms with Gasteiger partial charge in [0.2, 0.25) is 17.6 Å². The summed E-state index contributed by atoms with van der Waals surface area (Å²) in [5, 5.41) is 8.55. The highest BCUT2D eigenvalue weighted by Gasteiger charge is 2.34. The highest BCUT2D eigenvalue weighted by atomic mass is 16.5. The summed E-state index contributed by atoms with van der Waals surface area (Å²) in [7, 11) is 1.93. The molecule has 1 saturated heterocycles. The Labute approximate surface area is 164 Å². The molecule has 0 N–H and O–H groups in total. The number of benzene rings is 1. The Morgan fingerprint density at radius 1 is 1.25 bits per heavy atom. The van der Waals surface area contributed by atoms with Gasteiger partial charge in [0.05, 0.1) is 5.69 Å². The van der Waals surface area contributed by atoms with E-state index in [2.05, 4.69) is 15.2 Å². The lowest BCUT2D eigenvalue weighted by Crippen LogP contribution is -2.31. The molecule has 0 bridgehead atoms. The summed E-state index contributed by atoms with van der Waals surface area (Å²) in [6.07, 6.45) is 2.97. The SMILES string of the molecule is Cc1nn(C)c(C)c1CCC(=O)N1CCCC1c1nc(-c2ccccc2)no1. The molecule has 28 heavy (non-hydrogen) atoms. The first-order chi connectivity index (χ1) is 13.5. The van der Waals surface area contributed by atoms with E-state index in [0.717, 1.165) is 41.9 Å². The summed E-state index contributed by atoms with van der Waals surface area (Å²) in [6, 6.07) is 9.61. The minimum absolute atomic E-state index is 0.129. The second-order valence-electron chi connectivity index (χ2n) is 7.34. The lowest BCUT2D eigenvalue weighted by Gasteiger charge is -2.21. The third-order valence-corrected chi connectivity index (χ3v) is 5.58. The van der Waals surface area contributed by atoms with E-state index in [1.54, 1.807) is 0 Å². The third-order valence-electron chi connectivity index (χ3n) is 5.58. The zero-order chi connectivity index (χ0) is 19.7. The lowest BCUT2D eigenvalue weighted by molar-refractivity contribution is -0.132. The largest absolute Gasteiger partial charge is 0.337 e. The van der Waals surface area contributed by atoms with Crippen LogP contribution in [0.5, 0.6) is 0 Å². The minimum Gasteiger partial charge on any atom is -0.337 e. The smallest absolute Gasteiger partial charge is 0.249 e. The van der Waals surface area contributed by atoms with Crippen molar-refractivity contribution in [3.63, 3.8) is 0 Å². The summed E-state index contributed by atoms with van der Waals surface area (Å²) >= 11 is 0. The van der Waals surface area contributed by atoms with Gasteiger partial charge in [-0.05, 0) is 38.7 Å². The van der Waals surface area contributed by atoms with E-state index < -0.39 is 0 Å². The number of hydrogen-bond donors (Lipinski definition) is 0. The van der Waals surface area contributed by atoms with Crippen molar-refractivity contribution in [2.45, 2.75) is 45.6 Å². The number of hydrogen-bond acceptors (Lipinski definition) is 5. The van der Waals surface area contributed by atoms with Crippen molar-refractivity contribution in [3.05, 3.63) is 53.2 Å². The molecule has 0 aliphatic carbocycles. The quantitative estimate of drug-likeness (QED) is 0.679. The van der Waals surface area contributed by atoms with Crippen LogP contribution in [0.25, 0.3) is 11.4 Å². The van der Waals surface area contributed by atoms with Gasteiger partial charge in [0, 0.05) is 31.3 Å². The summed E-state index contributed by atoms with van der Waals surface area (Å²) in [5.41, 5.74) is 4.19. The molecule has 0 radical (unpaired) electrons. The number of aromatic nitrogens is 4. The fourth-order valence-electron chi connectivity index (χ4n) is 3.95. The number of carbonyl (C=O) groups excluding carboxylic acids is 1. The molecule has 0 saturated carbocycles. The normalized spacial score (nSPS) is 16.7. The Bertz CT molecular complexity index is 976. The van der Waals surface area contributed by atoms with E-state index in [1.807, 2.05) is 60.8 Å². The maximum absolute atomic E-state index is 12.9. The monoisotopic (exact) mass is 379 g/mol. The predicted molar refractivity (Wildman–Crippen MR) is 104 cm³/mol. The molecule has 1 amide bonds. The van der Waals surface area contributed by atoms with Crippen LogP contribution in [0.4, 0.5) is 0 Å². The number of carbonyl (C=O) groups is 1. The Morgan fingerprint density at radius 2 is 2.04 bits per heavy atom. The molecule has 1 aliphatic rings. The molecule has 7 heteroatoms. The van der Waals surface area contributed by atoms with E-state index in [0.29, 0.717) is 24.6 Å². The van der Waals surface area contributed by atoms with Gasteiger partial charge in [0.1, 0.15) is 6.04 Å². The van der Waals surface area contributed by atoms with E-state index in [9.17, 15) is 4.79 Å². The van der Waals surface area contributed by atoms with Crippen molar-refractivity contribution in [2.24, 2.45) is 7.05 Å². The molecular formula is C21H25N5O2. The second-order valence-corrected chi connectivity index (χ2v) is 7.34. The molecule has 1 atom stereocenters. The third kappa shape index (κ3) is 3.44. The predicted octanol–water partition coefficient (Wildman–Crippen LogP) is 3.38. The van der Waals surface area contributed by atoms with Crippen LogP contribution in [0.15, 0.2) is 34.9 Å².